The van der Waals surface area contributed by atoms with Crippen molar-refractivity contribution in [3.63, 3.8) is 0 Å². The third-order valence-corrected chi connectivity index (χ3v) is 4.89. The van der Waals surface area contributed by atoms with Crippen LogP contribution in [0.1, 0.15) is 35.5 Å². The fraction of sp³-hybridized carbons (Fsp3) is 0.364. The molecule has 0 aliphatic carbocycles. The average molecular weight is 482 g/mol. The standard InChI is InChI=1S/C21H23F3N4O3.CH2O2/c1-3-30-10-13-4-7-17(26-9-13)19(29)27-14-5-6-16(22)15(8-14)20(2)21(23,24)12-31-11-18(25)28-20;2-1-3/h4-9H,3,10-12H2,1-2H3,(H2,25,28)(H,27,29);1H,(H,2,3)/t20-;/m1./s1. The SMILES string of the molecule is CCOCc1ccc(C(=O)Nc2ccc(F)c([C@@]3(C)N=C(N)COCC3(F)F)c2)nc1.O=CO. The van der Waals surface area contributed by atoms with Gasteiger partial charge in [0.2, 0.25) is 0 Å². The van der Waals surface area contributed by atoms with E-state index in [4.69, 9.17) is 25.1 Å². The van der Waals surface area contributed by atoms with E-state index in [-0.39, 0.29) is 30.3 Å². The number of aliphatic imine (C=N–C) groups is 1. The smallest absolute Gasteiger partial charge is 0.299 e. The van der Waals surface area contributed by atoms with Crippen LogP contribution in [0.4, 0.5) is 18.9 Å². The number of benzene rings is 1. The van der Waals surface area contributed by atoms with Crippen molar-refractivity contribution in [2.45, 2.75) is 31.9 Å². The minimum atomic E-state index is -3.53. The highest BCUT2D eigenvalue weighted by atomic mass is 19.3. The number of carbonyl (C=O) groups is 2. The van der Waals surface area contributed by atoms with Crippen LogP contribution >= 0.6 is 0 Å². The summed E-state index contributed by atoms with van der Waals surface area (Å²) in [4.78, 5) is 28.8. The highest BCUT2D eigenvalue weighted by molar-refractivity contribution is 6.02. The molecule has 9 nitrogen and oxygen atoms in total. The molecule has 1 aliphatic rings. The zero-order valence-corrected chi connectivity index (χ0v) is 18.6. The Morgan fingerprint density at radius 2 is 2.06 bits per heavy atom. The molecule has 1 amide bonds. The largest absolute Gasteiger partial charge is 0.483 e. The maximum Gasteiger partial charge on any atom is 0.299 e. The summed E-state index contributed by atoms with van der Waals surface area (Å²) < 4.78 is 54.3. The molecule has 1 aliphatic heterocycles. The molecule has 3 rings (SSSR count). The molecule has 0 saturated carbocycles. The van der Waals surface area contributed by atoms with Crippen molar-refractivity contribution >= 4 is 23.9 Å². The summed E-state index contributed by atoms with van der Waals surface area (Å²) in [6.07, 6.45) is 1.51. The molecule has 1 aromatic heterocycles. The molecule has 0 unspecified atom stereocenters. The molecule has 0 spiro atoms. The van der Waals surface area contributed by atoms with Crippen LogP contribution in [-0.4, -0.2) is 54.0 Å². The molecule has 1 atom stereocenters. The Morgan fingerprint density at radius 1 is 1.35 bits per heavy atom. The van der Waals surface area contributed by atoms with Gasteiger partial charge in [0.05, 0.1) is 6.61 Å². The Morgan fingerprint density at radius 3 is 2.68 bits per heavy atom. The number of carbonyl (C=O) groups excluding carboxylic acids is 1. The lowest BCUT2D eigenvalue weighted by Gasteiger charge is -2.33. The number of halogens is 3. The van der Waals surface area contributed by atoms with E-state index in [1.807, 2.05) is 6.92 Å². The second kappa shape index (κ2) is 11.6. The van der Waals surface area contributed by atoms with Gasteiger partial charge in [0.25, 0.3) is 18.3 Å². The molecular formula is C22H25F3N4O5. The van der Waals surface area contributed by atoms with Gasteiger partial charge in [-0.15, -0.1) is 0 Å². The Bertz CT molecular complexity index is 1030. The number of alkyl halides is 2. The van der Waals surface area contributed by atoms with Crippen LogP contribution < -0.4 is 11.1 Å². The molecule has 0 saturated heterocycles. The summed E-state index contributed by atoms with van der Waals surface area (Å²) >= 11 is 0. The number of amidine groups is 1. The summed E-state index contributed by atoms with van der Waals surface area (Å²) in [5.74, 6) is -5.19. The lowest BCUT2D eigenvalue weighted by atomic mass is 9.85. The van der Waals surface area contributed by atoms with Crippen LogP contribution in [0.3, 0.4) is 0 Å². The van der Waals surface area contributed by atoms with Gasteiger partial charge in [0, 0.05) is 24.1 Å². The normalized spacial score (nSPS) is 19.1. The number of rotatable bonds is 6. The van der Waals surface area contributed by atoms with Crippen molar-refractivity contribution in [2.75, 3.05) is 25.1 Å². The highest BCUT2D eigenvalue weighted by Crippen LogP contribution is 2.44. The number of anilines is 1. The molecule has 12 heteroatoms. The van der Waals surface area contributed by atoms with Crippen molar-refractivity contribution < 1.29 is 37.3 Å². The number of amides is 1. The second-order valence-electron chi connectivity index (χ2n) is 7.32. The molecule has 0 bridgehead atoms. The highest BCUT2D eigenvalue weighted by Gasteiger charge is 2.54. The van der Waals surface area contributed by atoms with E-state index >= 15 is 0 Å². The number of ether oxygens (including phenoxy) is 2. The Kier molecular flexibility index (Phi) is 9.10. The summed E-state index contributed by atoms with van der Waals surface area (Å²) in [7, 11) is 0. The predicted octanol–water partition coefficient (Wildman–Crippen LogP) is 2.95. The molecule has 34 heavy (non-hydrogen) atoms. The summed E-state index contributed by atoms with van der Waals surface area (Å²) in [6.45, 7) is 2.36. The quantitative estimate of drug-likeness (QED) is 0.539. The van der Waals surface area contributed by atoms with Gasteiger partial charge in [0.15, 0.2) is 5.54 Å². The molecule has 184 valence electrons. The Balaban J connectivity index is 0.00000129. The number of carboxylic acid groups (broad SMARTS) is 1. The minimum absolute atomic E-state index is 0.104. The van der Waals surface area contributed by atoms with Crippen LogP contribution in [0.15, 0.2) is 41.5 Å². The van der Waals surface area contributed by atoms with E-state index in [1.165, 1.54) is 18.3 Å². The van der Waals surface area contributed by atoms with Gasteiger partial charge in [-0.05, 0) is 43.7 Å². The third kappa shape index (κ3) is 6.29. The van der Waals surface area contributed by atoms with Crippen molar-refractivity contribution in [3.8, 4) is 0 Å². The maximum atomic E-state index is 14.8. The first-order valence-electron chi connectivity index (χ1n) is 10.1. The van der Waals surface area contributed by atoms with Crippen molar-refractivity contribution in [1.29, 1.82) is 0 Å². The zero-order valence-electron chi connectivity index (χ0n) is 18.6. The van der Waals surface area contributed by atoms with E-state index in [9.17, 15) is 18.0 Å². The predicted molar refractivity (Wildman–Crippen MR) is 117 cm³/mol. The van der Waals surface area contributed by atoms with E-state index < -0.39 is 35.4 Å². The van der Waals surface area contributed by atoms with Gasteiger partial charge in [-0.25, -0.2) is 13.2 Å². The lowest BCUT2D eigenvalue weighted by molar-refractivity contribution is -0.122. The van der Waals surface area contributed by atoms with E-state index in [2.05, 4.69) is 15.3 Å². The number of nitrogens with one attached hydrogen (secondary N) is 1. The van der Waals surface area contributed by atoms with E-state index in [0.717, 1.165) is 24.6 Å². The Labute approximate surface area is 193 Å². The van der Waals surface area contributed by atoms with Gasteiger partial charge in [-0.1, -0.05) is 6.07 Å². The topological polar surface area (TPSA) is 136 Å². The first-order chi connectivity index (χ1) is 16.1. The minimum Gasteiger partial charge on any atom is -0.483 e. The van der Waals surface area contributed by atoms with Crippen LogP contribution in [0, 0.1) is 5.82 Å². The molecule has 1 aromatic carbocycles. The van der Waals surface area contributed by atoms with Crippen molar-refractivity contribution in [1.82, 2.24) is 4.98 Å². The Hall–Kier alpha value is -3.51. The fourth-order valence-electron chi connectivity index (χ4n) is 3.12. The number of nitrogens with zero attached hydrogens (tertiary/aromatic N) is 2. The first-order valence-corrected chi connectivity index (χ1v) is 10.1. The second-order valence-corrected chi connectivity index (χ2v) is 7.32. The van der Waals surface area contributed by atoms with Gasteiger partial charge in [-0.2, -0.15) is 0 Å². The van der Waals surface area contributed by atoms with Crippen molar-refractivity contribution in [3.05, 3.63) is 59.2 Å². The van der Waals surface area contributed by atoms with Crippen molar-refractivity contribution in [2.24, 2.45) is 10.7 Å². The molecule has 0 fully saturated rings. The zero-order chi connectivity index (χ0) is 25.4. The molecular weight excluding hydrogens is 457 g/mol. The van der Waals surface area contributed by atoms with Crippen LogP contribution in [0.2, 0.25) is 0 Å². The van der Waals surface area contributed by atoms with E-state index in [1.54, 1.807) is 6.07 Å². The van der Waals surface area contributed by atoms with Gasteiger partial charge >= 0.3 is 0 Å². The lowest BCUT2D eigenvalue weighted by Crippen LogP contribution is -2.45. The molecule has 2 heterocycles. The van der Waals surface area contributed by atoms with Gasteiger partial charge in [-0.3, -0.25) is 19.6 Å². The van der Waals surface area contributed by atoms with Crippen LogP contribution in [-0.2, 0) is 26.4 Å². The maximum absolute atomic E-state index is 14.8. The van der Waals surface area contributed by atoms with Gasteiger partial charge < -0.3 is 25.6 Å². The fourth-order valence-corrected chi connectivity index (χ4v) is 3.12. The van der Waals surface area contributed by atoms with Crippen LogP contribution in [0.5, 0.6) is 0 Å². The first kappa shape index (κ1) is 26.7. The average Bonchev–Trinajstić information content (AvgIpc) is 2.89. The molecule has 0 radical (unpaired) electrons. The number of hydrogen-bond donors (Lipinski definition) is 3. The number of nitrogens with two attached hydrogens (primary N) is 1. The number of aromatic nitrogens is 1. The summed E-state index contributed by atoms with van der Waals surface area (Å²) in [5.41, 5.74) is 3.93. The number of pyridine rings is 1. The van der Waals surface area contributed by atoms with Crippen LogP contribution in [0.25, 0.3) is 0 Å². The monoisotopic (exact) mass is 482 g/mol. The molecule has 2 aromatic rings. The third-order valence-electron chi connectivity index (χ3n) is 4.89. The molecule has 4 N–H and O–H groups in total. The summed E-state index contributed by atoms with van der Waals surface area (Å²) in [5, 5.41) is 9.43. The number of hydrogen-bond acceptors (Lipinski definition) is 7. The summed E-state index contributed by atoms with van der Waals surface area (Å²) in [6, 6.07) is 6.58. The van der Waals surface area contributed by atoms with E-state index in [0.29, 0.717) is 13.2 Å². The van der Waals surface area contributed by atoms with Gasteiger partial charge in [0.1, 0.15) is 30.6 Å².